The van der Waals surface area contributed by atoms with E-state index in [0.29, 0.717) is 30.5 Å². The molecule has 0 saturated carbocycles. The number of carboxylic acids is 4. The van der Waals surface area contributed by atoms with Crippen molar-refractivity contribution in [3.05, 3.63) is 54.1 Å². The smallest absolute Gasteiger partial charge is 0.326 e. The Kier molecular flexibility index (Phi) is 46.5. The molecule has 46 heteroatoms. The van der Waals surface area contributed by atoms with Crippen molar-refractivity contribution in [2.24, 2.45) is 51.4 Å². The lowest BCUT2D eigenvalue weighted by atomic mass is 9.99. The van der Waals surface area contributed by atoms with Crippen LogP contribution in [0.15, 0.2) is 47.8 Å². The van der Waals surface area contributed by atoms with Crippen LogP contribution >= 0.6 is 12.6 Å². The zero-order valence-corrected chi connectivity index (χ0v) is 72.8. The van der Waals surface area contributed by atoms with Gasteiger partial charge in [0.25, 0.3) is 0 Å². The minimum Gasteiger partial charge on any atom is -0.481 e. The Morgan fingerprint density at radius 3 is 1.41 bits per heavy atom. The SMILES string of the molecule is CC(C)C[C@H](NC(=O)[C@H](Cc1ccccc1)NC(=O)[C@H](CCC(=O)O)NC(=O)[C@H](CCCCN)NC(=O)[C@H](CS)NC(=O)[C@@H](N)CCC(=O)O)C(=O)N[C@@H](Cc1cnc[nH]1)C(=O)N1CCC[C@H]1C(=O)N[C@@H](CO)C(=O)N[C@@H](CCCCN)C(=O)N[C@H](C(=O)N[C@@H](CC(=O)O)C(=O)N[C@@H](CC(C)C)C(=O)N1CCC[C@H]1C(=O)N[C@@H](CCCN=C(N)N)C(=O)O)C(C)C. The second kappa shape index (κ2) is 55.0. The molecule has 2 aromatic rings. The number of H-pyrrole nitrogens is 1. The van der Waals surface area contributed by atoms with E-state index in [1.165, 1.54) is 31.3 Å². The topological polar surface area (TPSA) is 730 Å². The lowest BCUT2D eigenvalue weighted by Gasteiger charge is -2.31. The first kappa shape index (κ1) is 107. The minimum absolute atomic E-state index is 0.0138. The Morgan fingerprint density at radius 2 is 0.921 bits per heavy atom. The number of imidazole rings is 1. The van der Waals surface area contributed by atoms with Crippen molar-refractivity contribution in [2.45, 2.75) is 267 Å². The van der Waals surface area contributed by atoms with Crippen molar-refractivity contribution in [3.8, 4) is 0 Å². The van der Waals surface area contributed by atoms with Crippen molar-refractivity contribution in [3.63, 3.8) is 0 Å². The number of nitrogens with one attached hydrogen (secondary N) is 13. The molecule has 15 atom stereocenters. The molecule has 0 aliphatic carbocycles. The number of aliphatic carboxylic acids is 4. The number of carbonyl (C=O) groups is 18. The molecule has 702 valence electrons. The Morgan fingerprint density at radius 1 is 0.484 bits per heavy atom. The number of unbranched alkanes of at least 4 members (excludes halogenated alkanes) is 2. The predicted octanol–water partition coefficient (Wildman–Crippen LogP) is -5.41. The van der Waals surface area contributed by atoms with Gasteiger partial charge in [0.15, 0.2) is 5.96 Å². The number of thiol groups is 1. The van der Waals surface area contributed by atoms with Crippen LogP contribution in [0, 0.1) is 17.8 Å². The molecule has 126 heavy (non-hydrogen) atoms. The maximum Gasteiger partial charge on any atom is 0.326 e. The number of aliphatic hydroxyl groups is 1. The highest BCUT2D eigenvalue weighted by Crippen LogP contribution is 2.24. The van der Waals surface area contributed by atoms with E-state index in [4.69, 9.17) is 33.8 Å². The molecule has 2 aliphatic heterocycles. The number of hydrogen-bond donors (Lipinski definition) is 24. The maximum atomic E-state index is 15.1. The number of hydrogen-bond acceptors (Lipinski definition) is 25. The Labute approximate surface area is 735 Å². The highest BCUT2D eigenvalue weighted by molar-refractivity contribution is 7.80. The van der Waals surface area contributed by atoms with Gasteiger partial charge in [-0.1, -0.05) is 71.9 Å². The molecule has 1 aromatic heterocycles. The Balaban J connectivity index is 1.57. The first-order chi connectivity index (χ1) is 59.6. The molecule has 3 heterocycles. The summed E-state index contributed by atoms with van der Waals surface area (Å²) in [6.45, 7) is 9.16. The fraction of sp³-hybridized carbons (Fsp3) is 0.650. The molecule has 14 amide bonds. The summed E-state index contributed by atoms with van der Waals surface area (Å²) < 4.78 is 0. The number of rotatable bonds is 58. The summed E-state index contributed by atoms with van der Waals surface area (Å²) in [6, 6.07) is -14.4. The van der Waals surface area contributed by atoms with Gasteiger partial charge in [-0.05, 0) is 139 Å². The van der Waals surface area contributed by atoms with Gasteiger partial charge in [0.1, 0.15) is 84.6 Å². The highest BCUT2D eigenvalue weighted by Gasteiger charge is 2.44. The van der Waals surface area contributed by atoms with E-state index in [2.05, 4.69) is 91.4 Å². The van der Waals surface area contributed by atoms with E-state index in [1.54, 1.807) is 58.0 Å². The minimum atomic E-state index is -1.89. The number of guanidine groups is 1. The monoisotopic (exact) mass is 1800 g/mol. The predicted molar refractivity (Wildman–Crippen MR) is 457 cm³/mol. The number of carboxylic acid groups (broad SMARTS) is 4. The third-order valence-electron chi connectivity index (χ3n) is 20.7. The summed E-state index contributed by atoms with van der Waals surface area (Å²) in [4.78, 5) is 261. The van der Waals surface area contributed by atoms with Crippen molar-refractivity contribution in [1.82, 2.24) is 83.6 Å². The molecule has 0 spiro atoms. The Bertz CT molecular complexity index is 4030. The van der Waals surface area contributed by atoms with Crippen LogP contribution in [-0.2, 0) is 99.1 Å². The summed E-state index contributed by atoms with van der Waals surface area (Å²) in [5.41, 5.74) is 28.9. The van der Waals surface area contributed by atoms with Gasteiger partial charge in [-0.15, -0.1) is 0 Å². The van der Waals surface area contributed by atoms with Crippen LogP contribution < -0.4 is 92.5 Å². The molecular weight excluding hydrogens is 1670 g/mol. The number of nitrogens with two attached hydrogens (primary N) is 5. The van der Waals surface area contributed by atoms with Crippen LogP contribution in [0.3, 0.4) is 0 Å². The lowest BCUT2D eigenvalue weighted by Crippen LogP contribution is -2.62. The van der Waals surface area contributed by atoms with E-state index >= 15 is 4.79 Å². The van der Waals surface area contributed by atoms with Crippen LogP contribution in [0.1, 0.15) is 175 Å². The number of aromatic nitrogens is 2. The van der Waals surface area contributed by atoms with Crippen molar-refractivity contribution >= 4 is 125 Å². The Hall–Kier alpha value is -11.6. The summed E-state index contributed by atoms with van der Waals surface area (Å²) >= 11 is 4.17. The van der Waals surface area contributed by atoms with Gasteiger partial charge in [-0.3, -0.25) is 86.5 Å². The maximum absolute atomic E-state index is 15.1. The lowest BCUT2D eigenvalue weighted by molar-refractivity contribution is -0.145. The molecule has 0 bridgehead atoms. The highest BCUT2D eigenvalue weighted by atomic mass is 32.1. The molecule has 2 saturated heterocycles. The molecule has 0 radical (unpaired) electrons. The van der Waals surface area contributed by atoms with E-state index in [-0.39, 0.29) is 146 Å². The van der Waals surface area contributed by atoms with Crippen molar-refractivity contribution in [2.75, 3.05) is 45.1 Å². The first-order valence-electron chi connectivity index (χ1n) is 42.2. The van der Waals surface area contributed by atoms with Gasteiger partial charge >= 0.3 is 23.9 Å². The quantitative estimate of drug-likeness (QED) is 0.0127. The number of aromatic amines is 1. The van der Waals surface area contributed by atoms with Gasteiger partial charge in [-0.2, -0.15) is 12.6 Å². The van der Waals surface area contributed by atoms with Crippen LogP contribution in [0.5, 0.6) is 0 Å². The van der Waals surface area contributed by atoms with E-state index in [1.807, 2.05) is 0 Å². The summed E-state index contributed by atoms with van der Waals surface area (Å²) in [5, 5.41) is 80.0. The zero-order valence-electron chi connectivity index (χ0n) is 71.9. The standard InChI is InChI=1S/C80H128N22O23S/c1-42(2)33-52(93-70(115)53(35-45-17-8-7-9-18-45)94-67(112)50(25-27-62(106)107)91-66(111)48(19-10-12-28-81)90-73(118)58(40-126)99-65(110)47(83)24-26-61(104)105)69(114)97-56(36-46-38-86-41-88-46)78(123)102-32-16-23-60(102)75(120)98-57(39-103)72(117)89-49(20-11-13-29-82)68(113)100-64(44(5)6)76(121)95-54(37-63(108)109)71(116)96-55(34-43(3)4)77(122)101-31-15-22-59(101)74(119)92-51(79(124)125)21-14-30-87-80(84)85/h7-9,17-18,38,41-44,47-60,64,103,126H,10-16,19-37,39-40,81-83H2,1-6H3,(H,86,88)(H,89,117)(H,90,118)(H,91,111)(H,92,119)(H,93,115)(H,94,112)(H,95,121)(H,96,116)(H,97,114)(H,98,120)(H,99,110)(H,100,113)(H,104,105)(H,106,107)(H,108,109)(H,124,125)(H4,84,85,87)/t47-,48-,49-,50-,51-,52-,53-,54-,55-,56-,57-,58-,59-,60-,64-/m0/s1. The number of aliphatic imine (C=N–C) groups is 1. The molecule has 4 rings (SSSR count). The van der Waals surface area contributed by atoms with Crippen molar-refractivity contribution < 1.29 is 112 Å². The van der Waals surface area contributed by atoms with E-state index < -0.39 is 235 Å². The first-order valence-corrected chi connectivity index (χ1v) is 42.8. The molecule has 45 nitrogen and oxygen atoms in total. The van der Waals surface area contributed by atoms with Crippen LogP contribution in [0.25, 0.3) is 0 Å². The van der Waals surface area contributed by atoms with Crippen LogP contribution in [-0.4, -0.2) is 294 Å². The number of carbonyl (C=O) groups excluding carboxylic acids is 14. The van der Waals surface area contributed by atoms with Crippen LogP contribution in [0.2, 0.25) is 0 Å². The zero-order chi connectivity index (χ0) is 94.0. The van der Waals surface area contributed by atoms with Crippen molar-refractivity contribution in [1.29, 1.82) is 0 Å². The number of nitrogens with zero attached hydrogens (tertiary/aromatic N) is 4. The second-order valence-electron chi connectivity index (χ2n) is 32.3. The van der Waals surface area contributed by atoms with Crippen LogP contribution in [0.4, 0.5) is 0 Å². The fourth-order valence-electron chi connectivity index (χ4n) is 14.1. The number of likely N-dealkylation sites (tertiary alicyclic amines) is 2. The average Bonchev–Trinajstić information content (AvgIpc) is 1.56. The van der Waals surface area contributed by atoms with Gasteiger partial charge in [-0.25, -0.2) is 9.78 Å². The summed E-state index contributed by atoms with van der Waals surface area (Å²) in [7, 11) is 0. The third kappa shape index (κ3) is 36.9. The average molecular weight is 1800 g/mol. The number of benzene rings is 1. The molecule has 2 fully saturated rings. The molecule has 28 N–H and O–H groups in total. The van der Waals surface area contributed by atoms with Gasteiger partial charge in [0, 0.05) is 63.0 Å². The summed E-state index contributed by atoms with van der Waals surface area (Å²) in [6.07, 6.45) is 0.594. The normalized spacial score (nSPS) is 16.8. The number of amides is 14. The van der Waals surface area contributed by atoms with E-state index in [9.17, 15) is 102 Å². The molecule has 0 unspecified atom stereocenters. The number of aliphatic hydroxyl groups excluding tert-OH is 1. The summed E-state index contributed by atoms with van der Waals surface area (Å²) in [5.74, 6) is -20.9. The molecule has 1 aromatic carbocycles. The molecular formula is C80H128N22O23S. The van der Waals surface area contributed by atoms with Gasteiger partial charge < -0.3 is 133 Å². The second-order valence-corrected chi connectivity index (χ2v) is 32.7. The third-order valence-corrected chi connectivity index (χ3v) is 21.1. The fourth-order valence-corrected chi connectivity index (χ4v) is 14.3. The molecule has 2 aliphatic rings. The van der Waals surface area contributed by atoms with Gasteiger partial charge in [0.2, 0.25) is 82.7 Å². The van der Waals surface area contributed by atoms with E-state index in [0.717, 1.165) is 4.90 Å². The van der Waals surface area contributed by atoms with Gasteiger partial charge in [0.05, 0.1) is 25.4 Å². The largest absolute Gasteiger partial charge is 0.481 e.